The van der Waals surface area contributed by atoms with E-state index < -0.39 is 0 Å². The van der Waals surface area contributed by atoms with Crippen molar-refractivity contribution >= 4 is 40.0 Å². The molecular weight excluding hydrogens is 192 g/mol. The highest BCUT2D eigenvalue weighted by Gasteiger charge is 2.04. The maximum absolute atomic E-state index is 10.5. The Labute approximate surface area is 78.6 Å². The van der Waals surface area contributed by atoms with Crippen molar-refractivity contribution < 1.29 is 4.79 Å². The number of hydrogen-bond donors (Lipinski definition) is 0. The van der Waals surface area contributed by atoms with Crippen LogP contribution in [0.25, 0.3) is 10.8 Å². The highest BCUT2D eigenvalue weighted by Crippen LogP contribution is 2.28. The summed E-state index contributed by atoms with van der Waals surface area (Å²) in [5.74, 6) is 0. The molecule has 0 amide bonds. The minimum absolute atomic E-state index is 0.558. The summed E-state index contributed by atoms with van der Waals surface area (Å²) in [5, 5.41) is 6.58. The fourth-order valence-electron chi connectivity index (χ4n) is 1.11. The molecule has 0 aliphatic rings. The van der Waals surface area contributed by atoms with Gasteiger partial charge in [0.15, 0.2) is 6.29 Å². The van der Waals surface area contributed by atoms with Crippen LogP contribution in [0.5, 0.6) is 0 Å². The van der Waals surface area contributed by atoms with Crippen LogP contribution in [0.2, 0.25) is 5.02 Å². The molecule has 0 N–H and O–H groups in total. The van der Waals surface area contributed by atoms with Gasteiger partial charge in [-0.3, -0.25) is 4.79 Å². The summed E-state index contributed by atoms with van der Waals surface area (Å²) in [4.78, 5) is 10.5. The number of aldehydes is 1. The van der Waals surface area contributed by atoms with Crippen molar-refractivity contribution in [3.8, 4) is 0 Å². The molecule has 0 fully saturated rings. The molecule has 0 aliphatic carbocycles. The number of hydrogen-bond acceptors (Lipinski definition) is 2. The van der Waals surface area contributed by atoms with Crippen LogP contribution in [-0.4, -0.2) is 6.29 Å². The highest BCUT2D eigenvalue weighted by atomic mass is 35.5. The summed E-state index contributed by atoms with van der Waals surface area (Å²) in [7, 11) is 0. The Hall–Kier alpha value is -0.860. The lowest BCUT2D eigenvalue weighted by molar-refractivity contribution is 0.112. The van der Waals surface area contributed by atoms with Crippen molar-refractivity contribution in [2.75, 3.05) is 0 Å². The molecular formula is C9H5ClOS. The third-order valence-corrected chi connectivity index (χ3v) is 2.93. The zero-order chi connectivity index (χ0) is 8.55. The largest absolute Gasteiger partial charge is 0.298 e. The van der Waals surface area contributed by atoms with Gasteiger partial charge >= 0.3 is 0 Å². The lowest BCUT2D eigenvalue weighted by Crippen LogP contribution is -1.80. The van der Waals surface area contributed by atoms with Gasteiger partial charge in [0.1, 0.15) is 0 Å². The standard InChI is InChI=1S/C9H5ClOS/c10-9-6(3-11)1-2-7-4-12-5-8(7)9/h1-5H. The highest BCUT2D eigenvalue weighted by molar-refractivity contribution is 7.09. The summed E-state index contributed by atoms with van der Waals surface area (Å²) >= 11 is 7.54. The first-order valence-corrected chi connectivity index (χ1v) is 4.74. The van der Waals surface area contributed by atoms with Crippen LogP contribution >= 0.6 is 22.9 Å². The Bertz CT molecular complexity index is 433. The SMILES string of the molecule is O=Cc1ccc2cscc2c1Cl. The van der Waals surface area contributed by atoms with E-state index >= 15 is 0 Å². The zero-order valence-corrected chi connectivity index (χ0v) is 7.65. The molecule has 0 unspecified atom stereocenters. The van der Waals surface area contributed by atoms with Crippen LogP contribution in [0.1, 0.15) is 10.4 Å². The molecule has 2 aromatic rings. The number of benzene rings is 1. The molecule has 1 heterocycles. The Morgan fingerprint density at radius 1 is 1.33 bits per heavy atom. The van der Waals surface area contributed by atoms with Crippen LogP contribution in [0, 0.1) is 0 Å². The van der Waals surface area contributed by atoms with Gasteiger partial charge in [0, 0.05) is 16.3 Å². The van der Waals surface area contributed by atoms with Gasteiger partial charge in [0.2, 0.25) is 0 Å². The fraction of sp³-hybridized carbons (Fsp3) is 0. The molecule has 1 aromatic heterocycles. The van der Waals surface area contributed by atoms with Gasteiger partial charge in [0.25, 0.3) is 0 Å². The predicted molar refractivity (Wildman–Crippen MR) is 52.2 cm³/mol. The smallest absolute Gasteiger partial charge is 0.151 e. The van der Waals surface area contributed by atoms with Crippen LogP contribution < -0.4 is 0 Å². The monoisotopic (exact) mass is 196 g/mol. The zero-order valence-electron chi connectivity index (χ0n) is 6.08. The molecule has 0 spiro atoms. The Morgan fingerprint density at radius 2 is 2.17 bits per heavy atom. The summed E-state index contributed by atoms with van der Waals surface area (Å²) in [6.07, 6.45) is 0.777. The van der Waals surface area contributed by atoms with E-state index in [9.17, 15) is 4.79 Å². The number of fused-ring (bicyclic) bond motifs is 1. The third-order valence-electron chi connectivity index (χ3n) is 1.75. The van der Waals surface area contributed by atoms with Crippen LogP contribution in [0.15, 0.2) is 22.9 Å². The van der Waals surface area contributed by atoms with E-state index in [1.807, 2.05) is 16.8 Å². The van der Waals surface area contributed by atoms with Crippen molar-refractivity contribution in [1.82, 2.24) is 0 Å². The number of rotatable bonds is 1. The second-order valence-electron chi connectivity index (χ2n) is 2.46. The minimum Gasteiger partial charge on any atom is -0.298 e. The van der Waals surface area contributed by atoms with Crippen molar-refractivity contribution in [2.45, 2.75) is 0 Å². The normalized spacial score (nSPS) is 10.4. The van der Waals surface area contributed by atoms with Crippen molar-refractivity contribution in [3.63, 3.8) is 0 Å². The van der Waals surface area contributed by atoms with E-state index in [2.05, 4.69) is 0 Å². The molecule has 60 valence electrons. The second kappa shape index (κ2) is 2.88. The van der Waals surface area contributed by atoms with E-state index in [1.54, 1.807) is 17.4 Å². The Kier molecular flexibility index (Phi) is 1.87. The van der Waals surface area contributed by atoms with E-state index in [0.29, 0.717) is 10.6 Å². The molecule has 1 aromatic carbocycles. The number of halogens is 1. The van der Waals surface area contributed by atoms with Gasteiger partial charge in [-0.2, -0.15) is 11.3 Å². The molecule has 0 saturated carbocycles. The average Bonchev–Trinajstić information content (AvgIpc) is 2.53. The van der Waals surface area contributed by atoms with Crippen molar-refractivity contribution in [1.29, 1.82) is 0 Å². The average molecular weight is 197 g/mol. The van der Waals surface area contributed by atoms with E-state index in [-0.39, 0.29) is 0 Å². The summed E-state index contributed by atoms with van der Waals surface area (Å²) in [5.41, 5.74) is 0.558. The van der Waals surface area contributed by atoms with Crippen LogP contribution in [0.3, 0.4) is 0 Å². The molecule has 0 aliphatic heterocycles. The van der Waals surface area contributed by atoms with E-state index in [0.717, 1.165) is 17.1 Å². The van der Waals surface area contributed by atoms with Gasteiger partial charge in [-0.25, -0.2) is 0 Å². The third kappa shape index (κ3) is 1.04. The van der Waals surface area contributed by atoms with Gasteiger partial charge in [-0.05, 0) is 16.8 Å². The molecule has 0 bridgehead atoms. The maximum Gasteiger partial charge on any atom is 0.151 e. The Balaban J connectivity index is 2.86. The van der Waals surface area contributed by atoms with Crippen molar-refractivity contribution in [3.05, 3.63) is 33.5 Å². The summed E-state index contributed by atoms with van der Waals surface area (Å²) in [6.45, 7) is 0. The predicted octanol–water partition coefficient (Wildman–Crippen LogP) is 3.37. The molecule has 0 saturated heterocycles. The first kappa shape index (κ1) is 7.77. The van der Waals surface area contributed by atoms with Gasteiger partial charge in [-0.15, -0.1) is 0 Å². The lowest BCUT2D eigenvalue weighted by Gasteiger charge is -1.96. The first-order chi connectivity index (χ1) is 5.83. The topological polar surface area (TPSA) is 17.1 Å². The first-order valence-electron chi connectivity index (χ1n) is 3.42. The van der Waals surface area contributed by atoms with Crippen LogP contribution in [0.4, 0.5) is 0 Å². The number of carbonyl (C=O) groups is 1. The van der Waals surface area contributed by atoms with E-state index in [1.165, 1.54) is 0 Å². The number of carbonyl (C=O) groups excluding carboxylic acids is 1. The molecule has 3 heteroatoms. The fourth-order valence-corrected chi connectivity index (χ4v) is 2.26. The van der Waals surface area contributed by atoms with Gasteiger partial charge in [0.05, 0.1) is 5.02 Å². The quantitative estimate of drug-likeness (QED) is 0.640. The van der Waals surface area contributed by atoms with E-state index in [4.69, 9.17) is 11.6 Å². The van der Waals surface area contributed by atoms with Crippen LogP contribution in [-0.2, 0) is 0 Å². The summed E-state index contributed by atoms with van der Waals surface area (Å²) in [6, 6.07) is 3.64. The summed E-state index contributed by atoms with van der Waals surface area (Å²) < 4.78 is 0. The number of thiophene rings is 1. The van der Waals surface area contributed by atoms with Gasteiger partial charge in [-0.1, -0.05) is 17.7 Å². The second-order valence-corrected chi connectivity index (χ2v) is 3.58. The van der Waals surface area contributed by atoms with Gasteiger partial charge < -0.3 is 0 Å². The molecule has 2 rings (SSSR count). The molecule has 12 heavy (non-hydrogen) atoms. The Morgan fingerprint density at radius 3 is 2.92 bits per heavy atom. The lowest BCUT2D eigenvalue weighted by atomic mass is 10.1. The molecule has 0 radical (unpaired) electrons. The molecule has 1 nitrogen and oxygen atoms in total. The van der Waals surface area contributed by atoms with Crippen molar-refractivity contribution in [2.24, 2.45) is 0 Å². The molecule has 0 atom stereocenters. The maximum atomic E-state index is 10.5. The minimum atomic E-state index is 0.558.